The van der Waals surface area contributed by atoms with Gasteiger partial charge in [0.15, 0.2) is 0 Å². The second-order valence-corrected chi connectivity index (χ2v) is 9.92. The number of aromatic nitrogens is 2. The highest BCUT2D eigenvalue weighted by atomic mass is 32.2. The van der Waals surface area contributed by atoms with Crippen LogP contribution in [0.15, 0.2) is 59.6 Å². The molecule has 0 atom stereocenters. The molecule has 12 heteroatoms. The van der Waals surface area contributed by atoms with Gasteiger partial charge >= 0.3 is 12.4 Å². The van der Waals surface area contributed by atoms with Gasteiger partial charge < -0.3 is 0 Å². The van der Waals surface area contributed by atoms with Gasteiger partial charge in [0.1, 0.15) is 4.90 Å². The van der Waals surface area contributed by atoms with Crippen molar-refractivity contribution in [2.75, 3.05) is 4.72 Å². The minimum Gasteiger partial charge on any atom is -0.279 e. The average molecular weight is 491 g/mol. The van der Waals surface area contributed by atoms with Crippen molar-refractivity contribution < 1.29 is 34.8 Å². The lowest BCUT2D eigenvalue weighted by Gasteiger charge is -2.18. The summed E-state index contributed by atoms with van der Waals surface area (Å²) in [6.07, 6.45) is -9.07. The zero-order chi connectivity index (χ0) is 24.8. The normalized spacial score (nSPS) is 13.2. The number of nitrogens with zero attached hydrogens (tertiary/aromatic N) is 2. The first kappa shape index (κ1) is 24.6. The molecular weight excluding hydrogens is 472 g/mol. The van der Waals surface area contributed by atoms with E-state index in [9.17, 15) is 34.8 Å². The summed E-state index contributed by atoms with van der Waals surface area (Å²) in [5.41, 5.74) is -4.35. The van der Waals surface area contributed by atoms with Crippen molar-refractivity contribution >= 4 is 15.7 Å². The van der Waals surface area contributed by atoms with Crippen molar-refractivity contribution in [3.63, 3.8) is 0 Å². The van der Waals surface area contributed by atoms with Crippen molar-refractivity contribution in [2.45, 2.75) is 43.4 Å². The van der Waals surface area contributed by atoms with Crippen molar-refractivity contribution in [3.05, 3.63) is 71.5 Å². The standard InChI is InChI=1S/C21H19F6N3O2S/c1-19(2,3)18-17(12-30(28-18)16-7-5-4-6-8-16)33(31,32)29-15-10-13(20(22,23)24)9-14(11-15)21(25,26)27/h4-12,29H,1-3H3. The van der Waals surface area contributed by atoms with E-state index in [0.29, 0.717) is 17.8 Å². The van der Waals surface area contributed by atoms with Gasteiger partial charge in [-0.3, -0.25) is 4.72 Å². The van der Waals surface area contributed by atoms with Gasteiger partial charge in [0, 0.05) is 5.41 Å². The Morgan fingerprint density at radius 2 is 1.36 bits per heavy atom. The fraction of sp³-hybridized carbons (Fsp3) is 0.286. The Hall–Kier alpha value is -3.02. The maximum absolute atomic E-state index is 13.1. The van der Waals surface area contributed by atoms with E-state index in [4.69, 9.17) is 0 Å². The van der Waals surface area contributed by atoms with Crippen molar-refractivity contribution in [1.29, 1.82) is 0 Å². The van der Waals surface area contributed by atoms with Crippen LogP contribution in [0.4, 0.5) is 32.0 Å². The van der Waals surface area contributed by atoms with Gasteiger partial charge in [0.2, 0.25) is 0 Å². The lowest BCUT2D eigenvalue weighted by molar-refractivity contribution is -0.143. The fourth-order valence-electron chi connectivity index (χ4n) is 3.01. The first-order valence-corrected chi connectivity index (χ1v) is 10.9. The third-order valence-corrected chi connectivity index (χ3v) is 5.92. The lowest BCUT2D eigenvalue weighted by atomic mass is 9.92. The number of benzene rings is 2. The highest BCUT2D eigenvalue weighted by molar-refractivity contribution is 7.92. The van der Waals surface area contributed by atoms with Crippen LogP contribution < -0.4 is 4.72 Å². The van der Waals surface area contributed by atoms with Crippen LogP contribution in [0.25, 0.3) is 5.69 Å². The largest absolute Gasteiger partial charge is 0.416 e. The second kappa shape index (κ2) is 8.08. The summed E-state index contributed by atoms with van der Waals surface area (Å²) in [5.74, 6) is 0. The van der Waals surface area contributed by atoms with Crippen LogP contribution in [0.1, 0.15) is 37.6 Å². The summed E-state index contributed by atoms with van der Waals surface area (Å²) >= 11 is 0. The smallest absolute Gasteiger partial charge is 0.279 e. The molecule has 0 bridgehead atoms. The number of para-hydroxylation sites is 1. The molecule has 0 aliphatic carbocycles. The van der Waals surface area contributed by atoms with Crippen molar-refractivity contribution in [1.82, 2.24) is 9.78 Å². The number of hydrogen-bond acceptors (Lipinski definition) is 3. The fourth-order valence-corrected chi connectivity index (χ4v) is 4.39. The molecular formula is C21H19F6N3O2S. The molecule has 0 radical (unpaired) electrons. The topological polar surface area (TPSA) is 64.0 Å². The first-order valence-electron chi connectivity index (χ1n) is 9.46. The van der Waals surface area contributed by atoms with Crippen LogP contribution >= 0.6 is 0 Å². The SMILES string of the molecule is CC(C)(C)c1nn(-c2ccccc2)cc1S(=O)(=O)Nc1cc(C(F)(F)F)cc(C(F)(F)F)c1. The molecule has 1 heterocycles. The minimum atomic E-state index is -5.11. The molecule has 0 saturated carbocycles. The van der Waals surface area contributed by atoms with Gasteiger partial charge in [-0.1, -0.05) is 39.0 Å². The number of halogens is 6. The monoisotopic (exact) mass is 491 g/mol. The van der Waals surface area contributed by atoms with Gasteiger partial charge in [0.05, 0.1) is 34.4 Å². The Bertz CT molecular complexity index is 1230. The third kappa shape index (κ3) is 5.49. The quantitative estimate of drug-likeness (QED) is 0.455. The number of anilines is 1. The molecule has 0 aliphatic rings. The molecule has 178 valence electrons. The molecule has 0 amide bonds. The average Bonchev–Trinajstić information content (AvgIpc) is 3.14. The number of nitrogens with one attached hydrogen (secondary N) is 1. The first-order chi connectivity index (χ1) is 15.0. The van der Waals surface area contributed by atoms with Gasteiger partial charge in [-0.2, -0.15) is 31.4 Å². The van der Waals surface area contributed by atoms with Crippen LogP contribution in [-0.2, 0) is 27.8 Å². The van der Waals surface area contributed by atoms with E-state index in [1.807, 2.05) is 4.72 Å². The van der Waals surface area contributed by atoms with Crippen molar-refractivity contribution in [2.24, 2.45) is 0 Å². The van der Waals surface area contributed by atoms with Gasteiger partial charge in [0.25, 0.3) is 10.0 Å². The van der Waals surface area contributed by atoms with Crippen LogP contribution in [-0.4, -0.2) is 18.2 Å². The predicted molar refractivity (Wildman–Crippen MR) is 110 cm³/mol. The summed E-state index contributed by atoms with van der Waals surface area (Å²) < 4.78 is 108. The molecule has 0 fully saturated rings. The van der Waals surface area contributed by atoms with E-state index in [0.717, 1.165) is 6.20 Å². The van der Waals surface area contributed by atoms with E-state index in [2.05, 4.69) is 5.10 Å². The minimum absolute atomic E-state index is 0.0776. The van der Waals surface area contributed by atoms with Gasteiger partial charge in [-0.05, 0) is 30.3 Å². The van der Waals surface area contributed by atoms with E-state index in [-0.39, 0.29) is 16.7 Å². The number of alkyl halides is 6. The molecule has 0 saturated heterocycles. The maximum Gasteiger partial charge on any atom is 0.416 e. The Balaban J connectivity index is 2.13. The van der Waals surface area contributed by atoms with E-state index in [1.54, 1.807) is 51.1 Å². The molecule has 3 aromatic rings. The highest BCUT2D eigenvalue weighted by Gasteiger charge is 2.38. The molecule has 1 aromatic heterocycles. The lowest BCUT2D eigenvalue weighted by Crippen LogP contribution is -2.21. The molecule has 5 nitrogen and oxygen atoms in total. The van der Waals surface area contributed by atoms with Crippen molar-refractivity contribution in [3.8, 4) is 5.69 Å². The van der Waals surface area contributed by atoms with E-state index >= 15 is 0 Å². The molecule has 1 N–H and O–H groups in total. The van der Waals surface area contributed by atoms with E-state index < -0.39 is 44.6 Å². The third-order valence-electron chi connectivity index (χ3n) is 4.54. The highest BCUT2D eigenvalue weighted by Crippen LogP contribution is 2.38. The molecule has 0 spiro atoms. The summed E-state index contributed by atoms with van der Waals surface area (Å²) in [6.45, 7) is 5.03. The Kier molecular flexibility index (Phi) is 6.03. The summed E-state index contributed by atoms with van der Waals surface area (Å²) in [4.78, 5) is -0.371. The van der Waals surface area contributed by atoms with Gasteiger partial charge in [-0.25, -0.2) is 13.1 Å². The number of rotatable bonds is 4. The van der Waals surface area contributed by atoms with Crippen LogP contribution in [0, 0.1) is 0 Å². The Morgan fingerprint density at radius 3 is 1.82 bits per heavy atom. The second-order valence-electron chi connectivity index (χ2n) is 8.27. The Labute approximate surface area is 186 Å². The Morgan fingerprint density at radius 1 is 0.848 bits per heavy atom. The predicted octanol–water partition coefficient (Wildman–Crippen LogP) is 6.01. The zero-order valence-corrected chi connectivity index (χ0v) is 18.4. The summed E-state index contributed by atoms with van der Waals surface area (Å²) in [7, 11) is -4.61. The zero-order valence-electron chi connectivity index (χ0n) is 17.6. The number of hydrogen-bond donors (Lipinski definition) is 1. The van der Waals surface area contributed by atoms with Gasteiger partial charge in [-0.15, -0.1) is 0 Å². The van der Waals surface area contributed by atoms with E-state index in [1.165, 1.54) is 4.68 Å². The van der Waals surface area contributed by atoms with Crippen LogP contribution in [0.5, 0.6) is 0 Å². The van der Waals surface area contributed by atoms with Crippen LogP contribution in [0.3, 0.4) is 0 Å². The molecule has 3 rings (SSSR count). The maximum atomic E-state index is 13.1. The molecule has 2 aromatic carbocycles. The summed E-state index contributed by atoms with van der Waals surface area (Å²) in [6, 6.07) is 8.99. The van der Waals surface area contributed by atoms with Crippen LogP contribution in [0.2, 0.25) is 0 Å². The summed E-state index contributed by atoms with van der Waals surface area (Å²) in [5, 5.41) is 4.31. The molecule has 33 heavy (non-hydrogen) atoms. The number of sulfonamides is 1. The molecule has 0 aliphatic heterocycles. The molecule has 0 unspecified atom stereocenters.